The Balaban J connectivity index is 2.40. The van der Waals surface area contributed by atoms with Gasteiger partial charge >= 0.3 is 17.3 Å². The largest absolute Gasteiger partial charge is 0.482 e. The molecule has 30 heavy (non-hydrogen) atoms. The van der Waals surface area contributed by atoms with Gasteiger partial charge in [-0.3, -0.25) is 13.9 Å². The molecule has 162 valence electrons. The number of methoxy groups -OCH3 is 1. The molecule has 0 aliphatic carbocycles. The van der Waals surface area contributed by atoms with Crippen molar-refractivity contribution in [3.63, 3.8) is 0 Å². The van der Waals surface area contributed by atoms with Gasteiger partial charge in [0.1, 0.15) is 17.6 Å². The van der Waals surface area contributed by atoms with E-state index in [1.807, 2.05) is 0 Å². The number of benzene rings is 1. The van der Waals surface area contributed by atoms with Crippen molar-refractivity contribution < 1.29 is 23.5 Å². The zero-order chi connectivity index (χ0) is 22.7. The predicted octanol–water partition coefficient (Wildman–Crippen LogP) is 0.453. The van der Waals surface area contributed by atoms with Crippen LogP contribution in [0.2, 0.25) is 5.02 Å². The lowest BCUT2D eigenvalue weighted by molar-refractivity contribution is -0.144. The first-order valence-corrected chi connectivity index (χ1v) is 9.16. The van der Waals surface area contributed by atoms with Gasteiger partial charge in [0.15, 0.2) is 11.4 Å². The van der Waals surface area contributed by atoms with Gasteiger partial charge in [-0.15, -0.1) is 0 Å². The minimum Gasteiger partial charge on any atom is -0.482 e. The van der Waals surface area contributed by atoms with Gasteiger partial charge in [-0.2, -0.15) is 0 Å². The predicted molar refractivity (Wildman–Crippen MR) is 107 cm³/mol. The molecule has 0 radical (unpaired) electrons. The highest BCUT2D eigenvalue weighted by Gasteiger charge is 2.19. The molecule has 1 unspecified atom stereocenters. The van der Waals surface area contributed by atoms with Crippen LogP contribution in [0.5, 0.6) is 5.75 Å². The fourth-order valence-corrected chi connectivity index (χ4v) is 2.80. The Morgan fingerprint density at radius 3 is 2.33 bits per heavy atom. The molecule has 1 N–H and O–H groups in total. The molecule has 2 rings (SSSR count). The Labute approximate surface area is 179 Å². The molecule has 2 aromatic rings. The smallest absolute Gasteiger partial charge is 0.338 e. The molecule has 1 atom stereocenters. The summed E-state index contributed by atoms with van der Waals surface area (Å²) in [5, 5.41) is 2.14. The minimum atomic E-state index is -0.965. The average molecular weight is 461 g/mol. The number of halogens is 2. The van der Waals surface area contributed by atoms with Gasteiger partial charge in [0, 0.05) is 20.2 Å². The first kappa shape index (κ1) is 23.3. The maximum atomic E-state index is 14.5. The molecule has 13 heteroatoms. The molecule has 1 aromatic carbocycles. The highest BCUT2D eigenvalue weighted by atomic mass is 35.5. The lowest BCUT2D eigenvalue weighted by Crippen LogP contribution is -2.43. The number of aromatic nitrogens is 3. The number of esters is 1. The summed E-state index contributed by atoms with van der Waals surface area (Å²) in [6, 6.07) is 0.943. The Kier molecular flexibility index (Phi) is 7.16. The summed E-state index contributed by atoms with van der Waals surface area (Å²) in [5.74, 6) is -2.45. The van der Waals surface area contributed by atoms with E-state index in [0.717, 1.165) is 21.3 Å². The number of nitrogens with zero attached hydrogens (tertiary/aromatic N) is 3. The summed E-state index contributed by atoms with van der Waals surface area (Å²) in [4.78, 5) is 48.3. The summed E-state index contributed by atoms with van der Waals surface area (Å²) in [5.41, 5.74) is -2.19. The first-order valence-electron chi connectivity index (χ1n) is 8.38. The molecule has 1 heterocycles. The lowest BCUT2D eigenvalue weighted by Gasteiger charge is -2.15. The van der Waals surface area contributed by atoms with Crippen molar-refractivity contribution in [3.8, 4) is 11.4 Å². The van der Waals surface area contributed by atoms with E-state index in [2.05, 4.69) is 10.1 Å². The van der Waals surface area contributed by atoms with Crippen molar-refractivity contribution in [1.82, 2.24) is 19.0 Å². The lowest BCUT2D eigenvalue weighted by atomic mass is 10.2. The highest BCUT2D eigenvalue weighted by Crippen LogP contribution is 2.28. The molecule has 1 aromatic heterocycles. The second-order valence-corrected chi connectivity index (χ2v) is 6.91. The number of hydrogen-bond acceptors (Lipinski definition) is 7. The molecule has 0 bridgehead atoms. The van der Waals surface area contributed by atoms with Gasteiger partial charge in [0.05, 0.1) is 17.8 Å². The van der Waals surface area contributed by atoms with E-state index >= 15 is 0 Å². The van der Waals surface area contributed by atoms with Crippen LogP contribution in [0.1, 0.15) is 6.92 Å². The first-order chi connectivity index (χ1) is 14.0. The molecular weight excluding hydrogens is 443 g/mol. The average Bonchev–Trinajstić information content (AvgIpc) is 2.70. The molecule has 10 nitrogen and oxygen atoms in total. The Morgan fingerprint density at radius 1 is 1.23 bits per heavy atom. The SMILES string of the molecule is COC(=O)C(C)NC(=O)COc1cc(-n2c(=O)n(C)c(=S)n(C)c2=O)c(F)cc1Cl. The number of carbonyl (C=O) groups excluding carboxylic acids is 2. The van der Waals surface area contributed by atoms with Crippen LogP contribution in [0.25, 0.3) is 5.69 Å². The summed E-state index contributed by atoms with van der Waals surface area (Å²) in [6.45, 7) is 0.843. The quantitative estimate of drug-likeness (QED) is 0.492. The number of hydrogen-bond donors (Lipinski definition) is 1. The molecule has 0 spiro atoms. The Bertz CT molecular complexity index is 1150. The maximum Gasteiger partial charge on any atom is 0.338 e. The normalized spacial score (nSPS) is 11.7. The Hall–Kier alpha value is -2.99. The van der Waals surface area contributed by atoms with Crippen molar-refractivity contribution in [2.45, 2.75) is 13.0 Å². The minimum absolute atomic E-state index is 0.0523. The van der Waals surface area contributed by atoms with E-state index in [9.17, 15) is 23.6 Å². The van der Waals surface area contributed by atoms with Crippen LogP contribution in [0, 0.1) is 10.6 Å². The number of nitrogens with one attached hydrogen (secondary N) is 1. The fraction of sp³-hybridized carbons (Fsp3) is 0.353. The van der Waals surface area contributed by atoms with Crippen LogP contribution >= 0.6 is 23.8 Å². The third-order valence-electron chi connectivity index (χ3n) is 4.06. The zero-order valence-electron chi connectivity index (χ0n) is 16.4. The van der Waals surface area contributed by atoms with Gasteiger partial charge in [0.25, 0.3) is 5.91 Å². The van der Waals surface area contributed by atoms with Crippen LogP contribution in [-0.4, -0.2) is 45.3 Å². The molecule has 0 saturated carbocycles. The Morgan fingerprint density at radius 2 is 1.80 bits per heavy atom. The number of rotatable bonds is 6. The van der Waals surface area contributed by atoms with E-state index in [0.29, 0.717) is 4.57 Å². The maximum absolute atomic E-state index is 14.5. The van der Waals surface area contributed by atoms with E-state index in [-0.39, 0.29) is 15.5 Å². The van der Waals surface area contributed by atoms with Crippen molar-refractivity contribution in [3.05, 3.63) is 48.7 Å². The summed E-state index contributed by atoms with van der Waals surface area (Å²) < 4.78 is 26.8. The number of carbonyl (C=O) groups is 2. The van der Waals surface area contributed by atoms with Crippen LogP contribution < -0.4 is 21.4 Å². The summed E-state index contributed by atoms with van der Waals surface area (Å²) >= 11 is 10.9. The molecule has 0 aliphatic rings. The fourth-order valence-electron chi connectivity index (χ4n) is 2.44. The number of amides is 1. The third kappa shape index (κ3) is 4.60. The van der Waals surface area contributed by atoms with E-state index < -0.39 is 47.4 Å². The van der Waals surface area contributed by atoms with Gasteiger partial charge in [-0.25, -0.2) is 23.3 Å². The third-order valence-corrected chi connectivity index (χ3v) is 4.91. The zero-order valence-corrected chi connectivity index (χ0v) is 18.0. The number of ether oxygens (including phenoxy) is 2. The second kappa shape index (κ2) is 9.22. The molecule has 1 amide bonds. The monoisotopic (exact) mass is 460 g/mol. The molecule has 0 saturated heterocycles. The second-order valence-electron chi connectivity index (χ2n) is 6.14. The molecule has 0 fully saturated rings. The van der Waals surface area contributed by atoms with Crippen molar-refractivity contribution in [2.75, 3.05) is 13.7 Å². The van der Waals surface area contributed by atoms with Crippen molar-refractivity contribution in [1.29, 1.82) is 0 Å². The summed E-state index contributed by atoms with van der Waals surface area (Å²) in [7, 11) is 3.84. The van der Waals surface area contributed by atoms with Gasteiger partial charge in [-0.1, -0.05) is 11.6 Å². The van der Waals surface area contributed by atoms with E-state index in [1.165, 1.54) is 28.1 Å². The van der Waals surface area contributed by atoms with E-state index in [4.69, 9.17) is 28.6 Å². The van der Waals surface area contributed by atoms with Crippen LogP contribution in [0.4, 0.5) is 4.39 Å². The summed E-state index contributed by atoms with van der Waals surface area (Å²) in [6.07, 6.45) is 0. The van der Waals surface area contributed by atoms with Crippen molar-refractivity contribution >= 4 is 35.7 Å². The highest BCUT2D eigenvalue weighted by molar-refractivity contribution is 7.71. The van der Waals surface area contributed by atoms with Crippen LogP contribution in [0.15, 0.2) is 21.7 Å². The molecular formula is C17H18ClFN4O6S. The molecule has 0 aliphatic heterocycles. The van der Waals surface area contributed by atoms with Gasteiger partial charge in [0.2, 0.25) is 0 Å². The van der Waals surface area contributed by atoms with E-state index in [1.54, 1.807) is 0 Å². The topological polar surface area (TPSA) is 114 Å². The van der Waals surface area contributed by atoms with Gasteiger partial charge < -0.3 is 14.8 Å². The standard InChI is InChI=1S/C17H18ClFN4O6S/c1-8(14(25)28-4)20-13(24)7-29-12-6-11(10(19)5-9(12)18)23-15(26)21(2)17(30)22(3)16(23)27/h5-6,8H,7H2,1-4H3,(H,20,24). The van der Waals surface area contributed by atoms with Crippen LogP contribution in [-0.2, 0) is 28.4 Å². The van der Waals surface area contributed by atoms with Gasteiger partial charge in [-0.05, 0) is 25.2 Å². The van der Waals surface area contributed by atoms with Crippen LogP contribution in [0.3, 0.4) is 0 Å². The van der Waals surface area contributed by atoms with Crippen molar-refractivity contribution in [2.24, 2.45) is 14.1 Å².